The number of hydrogen-bond acceptors (Lipinski definition) is 3. The van der Waals surface area contributed by atoms with Crippen LogP contribution >= 0.6 is 0 Å². The third-order valence-corrected chi connectivity index (χ3v) is 4.38. The normalized spacial score (nSPS) is 14.5. The number of allylic oxidation sites excluding steroid dienone is 1. The fourth-order valence-electron chi connectivity index (χ4n) is 3.10. The number of amides is 1. The quantitative estimate of drug-likeness (QED) is 0.840. The van der Waals surface area contributed by atoms with Crippen molar-refractivity contribution < 1.29 is 27.9 Å². The number of aromatic nitrogens is 2. The fourth-order valence-corrected chi connectivity index (χ4v) is 3.10. The molecule has 1 amide bonds. The number of alkyl halides is 3. The average molecular weight is 379 g/mol. The number of anilines is 1. The molecule has 27 heavy (non-hydrogen) atoms. The van der Waals surface area contributed by atoms with Gasteiger partial charge in [-0.2, -0.15) is 18.3 Å². The van der Waals surface area contributed by atoms with E-state index in [1.165, 1.54) is 18.2 Å². The Labute approximate surface area is 152 Å². The number of carboxylic acids is 1. The van der Waals surface area contributed by atoms with Crippen LogP contribution in [0.1, 0.15) is 42.2 Å². The fraction of sp³-hybridized carbons (Fsp3) is 0.278. The summed E-state index contributed by atoms with van der Waals surface area (Å²) in [6.07, 6.45) is -1.84. The van der Waals surface area contributed by atoms with E-state index in [4.69, 9.17) is 5.11 Å². The van der Waals surface area contributed by atoms with Gasteiger partial charge in [0.05, 0.1) is 11.9 Å². The van der Waals surface area contributed by atoms with Crippen LogP contribution in [0.5, 0.6) is 0 Å². The second-order valence-electron chi connectivity index (χ2n) is 6.24. The first-order chi connectivity index (χ1) is 12.7. The van der Waals surface area contributed by atoms with Gasteiger partial charge in [0.15, 0.2) is 5.69 Å². The second-order valence-corrected chi connectivity index (χ2v) is 6.24. The van der Waals surface area contributed by atoms with E-state index in [0.29, 0.717) is 28.6 Å². The van der Waals surface area contributed by atoms with Crippen LogP contribution in [0.15, 0.2) is 41.6 Å². The molecule has 3 rings (SSSR count). The molecule has 1 heterocycles. The van der Waals surface area contributed by atoms with Crippen molar-refractivity contribution >= 4 is 17.6 Å². The van der Waals surface area contributed by atoms with Gasteiger partial charge >= 0.3 is 12.1 Å². The van der Waals surface area contributed by atoms with Gasteiger partial charge in [0.1, 0.15) is 5.56 Å². The zero-order valence-electron chi connectivity index (χ0n) is 14.3. The highest BCUT2D eigenvalue weighted by Gasteiger charge is 2.40. The van der Waals surface area contributed by atoms with Crippen molar-refractivity contribution in [3.63, 3.8) is 0 Å². The maximum atomic E-state index is 13.3. The Morgan fingerprint density at radius 2 is 2.00 bits per heavy atom. The first-order valence-corrected chi connectivity index (χ1v) is 8.17. The number of hydrogen-bond donors (Lipinski definition) is 2. The monoisotopic (exact) mass is 379 g/mol. The van der Waals surface area contributed by atoms with Crippen LogP contribution in [0.3, 0.4) is 0 Å². The summed E-state index contributed by atoms with van der Waals surface area (Å²) in [5.74, 6) is -2.01. The molecule has 0 fully saturated rings. The van der Waals surface area contributed by atoms with Crippen LogP contribution in [0, 0.1) is 0 Å². The molecular formula is C18H16F3N3O3. The summed E-state index contributed by atoms with van der Waals surface area (Å²) in [6, 6.07) is 5.67. The zero-order valence-corrected chi connectivity index (χ0v) is 14.3. The van der Waals surface area contributed by atoms with Crippen molar-refractivity contribution in [1.29, 1.82) is 0 Å². The topological polar surface area (TPSA) is 84.2 Å². The summed E-state index contributed by atoms with van der Waals surface area (Å²) in [5.41, 5.74) is -0.351. The summed E-state index contributed by atoms with van der Waals surface area (Å²) in [4.78, 5) is 23.4. The van der Waals surface area contributed by atoms with Gasteiger partial charge < -0.3 is 10.4 Å². The molecule has 0 radical (unpaired) electrons. The number of benzene rings is 1. The van der Waals surface area contributed by atoms with Gasteiger partial charge in [-0.25, -0.2) is 9.48 Å². The number of halogens is 3. The maximum absolute atomic E-state index is 13.3. The van der Waals surface area contributed by atoms with E-state index in [0.717, 1.165) is 18.4 Å². The number of aromatic carboxylic acids is 1. The first-order valence-electron chi connectivity index (χ1n) is 8.17. The van der Waals surface area contributed by atoms with Crippen LogP contribution < -0.4 is 5.32 Å². The molecule has 9 heteroatoms. The van der Waals surface area contributed by atoms with Gasteiger partial charge in [0.25, 0.3) is 5.91 Å². The first kappa shape index (κ1) is 18.7. The Hall–Kier alpha value is -3.10. The number of nitrogens with one attached hydrogen (secondary N) is 1. The molecule has 0 aliphatic heterocycles. The number of nitrogens with zero attached hydrogens (tertiary/aromatic N) is 2. The molecule has 0 atom stereocenters. The minimum absolute atomic E-state index is 0.00949. The van der Waals surface area contributed by atoms with E-state index < -0.39 is 23.4 Å². The molecular weight excluding hydrogens is 363 g/mol. The molecule has 2 N–H and O–H groups in total. The lowest BCUT2D eigenvalue weighted by Gasteiger charge is -2.13. The van der Waals surface area contributed by atoms with Crippen LogP contribution in [-0.4, -0.2) is 26.8 Å². The zero-order chi connectivity index (χ0) is 19.8. The summed E-state index contributed by atoms with van der Waals surface area (Å²) < 4.78 is 40.6. The molecule has 2 aromatic rings. The molecule has 0 unspecified atom stereocenters. The summed E-state index contributed by atoms with van der Waals surface area (Å²) in [7, 11) is 0. The molecule has 1 aromatic carbocycles. The van der Waals surface area contributed by atoms with Crippen LogP contribution in [0.25, 0.3) is 5.69 Å². The lowest BCUT2D eigenvalue weighted by molar-refractivity contribution is -0.143. The van der Waals surface area contributed by atoms with Gasteiger partial charge in [0, 0.05) is 11.3 Å². The SMILES string of the molecule is CC1=C(C(=O)Nc2cccc(-n3ncc(C(=O)O)c3C(F)(F)F)c2)CCC1. The standard InChI is InChI=1S/C18H16F3N3O3/c1-10-4-2-7-13(10)16(25)23-11-5-3-6-12(8-11)24-15(18(19,20)21)14(9-22-24)17(26)27/h3,5-6,8-9H,2,4,7H2,1H3,(H,23,25)(H,26,27). The molecule has 1 aromatic heterocycles. The molecule has 1 aliphatic rings. The Kier molecular flexibility index (Phi) is 4.77. The van der Waals surface area contributed by atoms with Crippen LogP contribution in [0.4, 0.5) is 18.9 Å². The second kappa shape index (κ2) is 6.90. The van der Waals surface area contributed by atoms with E-state index >= 15 is 0 Å². The highest BCUT2D eigenvalue weighted by Crippen LogP contribution is 2.34. The number of rotatable bonds is 4. The molecule has 6 nitrogen and oxygen atoms in total. The molecule has 0 saturated carbocycles. The van der Waals surface area contributed by atoms with Crippen molar-refractivity contribution in [3.05, 3.63) is 52.9 Å². The highest BCUT2D eigenvalue weighted by atomic mass is 19.4. The van der Waals surface area contributed by atoms with Crippen molar-refractivity contribution in [3.8, 4) is 5.69 Å². The summed E-state index contributed by atoms with van der Waals surface area (Å²) >= 11 is 0. The van der Waals surface area contributed by atoms with E-state index in [1.54, 1.807) is 6.07 Å². The number of carboxylic acid groups (broad SMARTS) is 1. The summed E-state index contributed by atoms with van der Waals surface area (Å²) in [6.45, 7) is 1.88. The lowest BCUT2D eigenvalue weighted by atomic mass is 10.1. The third kappa shape index (κ3) is 3.71. The van der Waals surface area contributed by atoms with Gasteiger partial charge in [-0.05, 0) is 44.4 Å². The number of carbonyl (C=O) groups is 2. The minimum atomic E-state index is -4.91. The minimum Gasteiger partial charge on any atom is -0.478 e. The maximum Gasteiger partial charge on any atom is 0.434 e. The predicted octanol–water partition coefficient (Wildman–Crippen LogP) is 4.03. The Bertz CT molecular complexity index is 945. The molecule has 0 spiro atoms. The van der Waals surface area contributed by atoms with Crippen molar-refractivity contribution in [2.75, 3.05) is 5.32 Å². The van der Waals surface area contributed by atoms with Gasteiger partial charge in [0.2, 0.25) is 0 Å². The third-order valence-electron chi connectivity index (χ3n) is 4.38. The Morgan fingerprint density at radius 3 is 2.59 bits per heavy atom. The van der Waals surface area contributed by atoms with Gasteiger partial charge in [-0.3, -0.25) is 4.79 Å². The molecule has 1 aliphatic carbocycles. The van der Waals surface area contributed by atoms with E-state index in [9.17, 15) is 22.8 Å². The van der Waals surface area contributed by atoms with Crippen molar-refractivity contribution in [1.82, 2.24) is 9.78 Å². The smallest absolute Gasteiger partial charge is 0.434 e. The Balaban J connectivity index is 1.96. The Morgan fingerprint density at radius 1 is 1.26 bits per heavy atom. The van der Waals surface area contributed by atoms with Crippen molar-refractivity contribution in [2.45, 2.75) is 32.4 Å². The average Bonchev–Trinajstić information content (AvgIpc) is 3.21. The van der Waals surface area contributed by atoms with Crippen LogP contribution in [-0.2, 0) is 11.0 Å². The van der Waals surface area contributed by atoms with Crippen LogP contribution in [0.2, 0.25) is 0 Å². The van der Waals surface area contributed by atoms with Gasteiger partial charge in [-0.15, -0.1) is 0 Å². The molecule has 142 valence electrons. The van der Waals surface area contributed by atoms with E-state index in [1.807, 2.05) is 6.92 Å². The highest BCUT2D eigenvalue weighted by molar-refractivity contribution is 6.04. The number of carbonyl (C=O) groups excluding carboxylic acids is 1. The predicted molar refractivity (Wildman–Crippen MR) is 90.7 cm³/mol. The molecule has 0 bridgehead atoms. The largest absolute Gasteiger partial charge is 0.478 e. The lowest BCUT2D eigenvalue weighted by Crippen LogP contribution is -2.18. The van der Waals surface area contributed by atoms with Gasteiger partial charge in [-0.1, -0.05) is 11.6 Å². The van der Waals surface area contributed by atoms with E-state index in [2.05, 4.69) is 10.4 Å². The van der Waals surface area contributed by atoms with E-state index in [-0.39, 0.29) is 11.6 Å². The van der Waals surface area contributed by atoms with Crippen molar-refractivity contribution in [2.24, 2.45) is 0 Å². The molecule has 0 saturated heterocycles. The summed E-state index contributed by atoms with van der Waals surface area (Å²) in [5, 5.41) is 15.2.